The molecule has 0 bridgehead atoms. The number of aliphatic hydroxyl groups excluding tert-OH is 1. The molecule has 1 aliphatic heterocycles. The van der Waals surface area contributed by atoms with E-state index in [-0.39, 0.29) is 6.61 Å². The summed E-state index contributed by atoms with van der Waals surface area (Å²) in [6, 6.07) is 5.94. The van der Waals surface area contributed by atoms with Crippen LogP contribution in [0.2, 0.25) is 5.02 Å². The zero-order valence-corrected chi connectivity index (χ0v) is 13.4. The summed E-state index contributed by atoms with van der Waals surface area (Å²) in [6.07, 6.45) is 4.76. The van der Waals surface area contributed by atoms with E-state index in [4.69, 9.17) is 17.3 Å². The third-order valence-corrected chi connectivity index (χ3v) is 4.71. The maximum Gasteiger partial charge on any atom is 0.0953 e. The van der Waals surface area contributed by atoms with Gasteiger partial charge >= 0.3 is 0 Å². The normalized spacial score (nSPS) is 18.9. The van der Waals surface area contributed by atoms with Gasteiger partial charge in [-0.3, -0.25) is 4.98 Å². The van der Waals surface area contributed by atoms with Crippen molar-refractivity contribution in [1.82, 2.24) is 4.98 Å². The van der Waals surface area contributed by atoms with Crippen molar-refractivity contribution >= 4 is 28.2 Å². The van der Waals surface area contributed by atoms with Gasteiger partial charge in [0.25, 0.3) is 0 Å². The molecule has 0 spiro atoms. The Morgan fingerprint density at radius 2 is 2.32 bits per heavy atom. The van der Waals surface area contributed by atoms with Crippen molar-refractivity contribution in [1.29, 1.82) is 0 Å². The standard InChI is InChI=1S/C17H22ClN3O/c18-15-9-13(5-6-19)17(16-14(15)4-1-7-20-16)21-8-2-3-12(10-21)11-22/h1,4,7,9,12,22H,2-3,5-6,8,10-11,19H2. The van der Waals surface area contributed by atoms with E-state index in [0.717, 1.165) is 59.5 Å². The second-order valence-electron chi connectivity index (χ2n) is 5.94. The molecule has 1 aromatic carbocycles. The molecule has 2 heterocycles. The van der Waals surface area contributed by atoms with E-state index in [2.05, 4.69) is 9.88 Å². The number of pyridine rings is 1. The van der Waals surface area contributed by atoms with Crippen molar-refractivity contribution in [3.05, 3.63) is 35.0 Å². The minimum Gasteiger partial charge on any atom is -0.396 e. The Morgan fingerprint density at radius 1 is 1.45 bits per heavy atom. The van der Waals surface area contributed by atoms with Gasteiger partial charge in [-0.2, -0.15) is 0 Å². The molecular formula is C17H22ClN3O. The zero-order chi connectivity index (χ0) is 15.5. The molecule has 118 valence electrons. The number of rotatable bonds is 4. The number of hydrogen-bond acceptors (Lipinski definition) is 4. The van der Waals surface area contributed by atoms with E-state index < -0.39 is 0 Å². The molecule has 1 atom stereocenters. The fraction of sp³-hybridized carbons (Fsp3) is 0.471. The maximum absolute atomic E-state index is 9.50. The smallest absolute Gasteiger partial charge is 0.0953 e. The molecular weight excluding hydrogens is 298 g/mol. The number of piperidine rings is 1. The highest BCUT2D eigenvalue weighted by Gasteiger charge is 2.24. The summed E-state index contributed by atoms with van der Waals surface area (Å²) in [5.41, 5.74) is 9.02. The van der Waals surface area contributed by atoms with Gasteiger partial charge in [-0.05, 0) is 55.5 Å². The molecule has 5 heteroatoms. The van der Waals surface area contributed by atoms with Gasteiger partial charge in [0.15, 0.2) is 0 Å². The summed E-state index contributed by atoms with van der Waals surface area (Å²) < 4.78 is 0. The molecule has 1 unspecified atom stereocenters. The van der Waals surface area contributed by atoms with Crippen LogP contribution in [0, 0.1) is 5.92 Å². The summed E-state index contributed by atoms with van der Waals surface area (Å²) in [4.78, 5) is 6.93. The third kappa shape index (κ3) is 2.91. The monoisotopic (exact) mass is 319 g/mol. The average molecular weight is 320 g/mol. The molecule has 3 rings (SSSR count). The fourth-order valence-corrected chi connectivity index (χ4v) is 3.64. The minimum atomic E-state index is 0.238. The average Bonchev–Trinajstić information content (AvgIpc) is 2.55. The van der Waals surface area contributed by atoms with Crippen molar-refractivity contribution in [2.45, 2.75) is 19.3 Å². The lowest BCUT2D eigenvalue weighted by molar-refractivity contribution is 0.209. The zero-order valence-electron chi connectivity index (χ0n) is 12.6. The van der Waals surface area contributed by atoms with E-state index in [9.17, 15) is 5.11 Å². The summed E-state index contributed by atoms with van der Waals surface area (Å²) in [5.74, 6) is 0.328. The Morgan fingerprint density at radius 3 is 3.09 bits per heavy atom. The Balaban J connectivity index is 2.12. The molecule has 0 amide bonds. The van der Waals surface area contributed by atoms with Gasteiger partial charge in [0.2, 0.25) is 0 Å². The summed E-state index contributed by atoms with van der Waals surface area (Å²) in [7, 11) is 0. The lowest BCUT2D eigenvalue weighted by atomic mass is 9.96. The predicted octanol–water partition coefficient (Wildman–Crippen LogP) is 2.60. The molecule has 1 saturated heterocycles. The molecule has 0 aliphatic carbocycles. The quantitative estimate of drug-likeness (QED) is 0.909. The highest BCUT2D eigenvalue weighted by atomic mass is 35.5. The SMILES string of the molecule is NCCc1cc(Cl)c2cccnc2c1N1CCCC(CO)C1. The topological polar surface area (TPSA) is 62.4 Å². The van der Waals surface area contributed by atoms with Crippen LogP contribution in [0.4, 0.5) is 5.69 Å². The van der Waals surface area contributed by atoms with Crippen LogP contribution in [0.5, 0.6) is 0 Å². The van der Waals surface area contributed by atoms with Crippen molar-refractivity contribution in [2.24, 2.45) is 11.7 Å². The second-order valence-corrected chi connectivity index (χ2v) is 6.35. The molecule has 4 nitrogen and oxygen atoms in total. The predicted molar refractivity (Wildman–Crippen MR) is 91.5 cm³/mol. The van der Waals surface area contributed by atoms with E-state index in [1.807, 2.05) is 24.4 Å². The lowest BCUT2D eigenvalue weighted by Gasteiger charge is -2.35. The van der Waals surface area contributed by atoms with Crippen molar-refractivity contribution < 1.29 is 5.11 Å². The van der Waals surface area contributed by atoms with Crippen LogP contribution in [0.1, 0.15) is 18.4 Å². The summed E-state index contributed by atoms with van der Waals surface area (Å²) >= 11 is 6.43. The Hall–Kier alpha value is -1.36. The van der Waals surface area contributed by atoms with Gasteiger partial charge in [0.05, 0.1) is 16.2 Å². The summed E-state index contributed by atoms with van der Waals surface area (Å²) in [6.45, 7) is 2.67. The number of nitrogens with two attached hydrogens (primary N) is 1. The third-order valence-electron chi connectivity index (χ3n) is 4.40. The first kappa shape index (κ1) is 15.5. The molecule has 0 saturated carbocycles. The van der Waals surface area contributed by atoms with Gasteiger partial charge in [-0.25, -0.2) is 0 Å². The first-order valence-electron chi connectivity index (χ1n) is 7.86. The van der Waals surface area contributed by atoms with Crippen LogP contribution in [0.25, 0.3) is 10.9 Å². The molecule has 1 fully saturated rings. The number of hydrogen-bond donors (Lipinski definition) is 2. The van der Waals surface area contributed by atoms with Gasteiger partial charge < -0.3 is 15.7 Å². The molecule has 1 aliphatic rings. The molecule has 1 aromatic heterocycles. The lowest BCUT2D eigenvalue weighted by Crippen LogP contribution is -2.37. The number of aliphatic hydroxyl groups is 1. The maximum atomic E-state index is 9.50. The van der Waals surface area contributed by atoms with E-state index in [0.29, 0.717) is 12.5 Å². The van der Waals surface area contributed by atoms with Gasteiger partial charge in [0.1, 0.15) is 0 Å². The highest BCUT2D eigenvalue weighted by Crippen LogP contribution is 2.36. The largest absolute Gasteiger partial charge is 0.396 e. The Bertz CT molecular complexity index is 662. The fourth-order valence-electron chi connectivity index (χ4n) is 3.35. The van der Waals surface area contributed by atoms with Gasteiger partial charge in [0, 0.05) is 31.3 Å². The molecule has 0 radical (unpaired) electrons. The van der Waals surface area contributed by atoms with Crippen molar-refractivity contribution in [2.75, 3.05) is 31.1 Å². The first-order chi connectivity index (χ1) is 10.7. The van der Waals surface area contributed by atoms with Crippen molar-refractivity contribution in [3.8, 4) is 0 Å². The minimum absolute atomic E-state index is 0.238. The number of benzene rings is 1. The van der Waals surface area contributed by atoms with E-state index in [1.54, 1.807) is 0 Å². The highest BCUT2D eigenvalue weighted by molar-refractivity contribution is 6.36. The van der Waals surface area contributed by atoms with Crippen LogP contribution >= 0.6 is 11.6 Å². The van der Waals surface area contributed by atoms with Gasteiger partial charge in [-0.15, -0.1) is 0 Å². The van der Waals surface area contributed by atoms with Crippen LogP contribution in [0.3, 0.4) is 0 Å². The van der Waals surface area contributed by atoms with Crippen LogP contribution in [-0.4, -0.2) is 36.3 Å². The molecule has 2 aromatic rings. The number of nitrogens with zero attached hydrogens (tertiary/aromatic N) is 2. The Labute approximate surface area is 135 Å². The Kier molecular flexibility index (Phi) is 4.81. The first-order valence-corrected chi connectivity index (χ1v) is 8.24. The number of halogens is 1. The second kappa shape index (κ2) is 6.82. The van der Waals surface area contributed by atoms with Crippen LogP contribution in [0.15, 0.2) is 24.4 Å². The van der Waals surface area contributed by atoms with E-state index >= 15 is 0 Å². The number of aromatic nitrogens is 1. The van der Waals surface area contributed by atoms with Crippen LogP contribution < -0.4 is 10.6 Å². The number of fused-ring (bicyclic) bond motifs is 1. The summed E-state index contributed by atoms with van der Waals surface area (Å²) in [5, 5.41) is 11.2. The van der Waals surface area contributed by atoms with Gasteiger partial charge in [-0.1, -0.05) is 11.6 Å². The van der Waals surface area contributed by atoms with E-state index in [1.165, 1.54) is 0 Å². The van der Waals surface area contributed by atoms with Crippen LogP contribution in [-0.2, 0) is 6.42 Å². The van der Waals surface area contributed by atoms with Crippen molar-refractivity contribution in [3.63, 3.8) is 0 Å². The number of anilines is 1. The molecule has 3 N–H and O–H groups in total. The molecule has 22 heavy (non-hydrogen) atoms.